The quantitative estimate of drug-likeness (QED) is 0.328. The molecule has 0 spiro atoms. The molecule has 0 unspecified atom stereocenters. The van der Waals surface area contributed by atoms with E-state index in [4.69, 9.17) is 34.7 Å². The molecular weight excluding hydrogens is 406 g/mol. The molecule has 7 heteroatoms. The van der Waals surface area contributed by atoms with Crippen molar-refractivity contribution >= 4 is 0 Å². The maximum absolute atomic E-state index is 8.70. The van der Waals surface area contributed by atoms with Crippen LogP contribution in [0.3, 0.4) is 0 Å². The van der Waals surface area contributed by atoms with Crippen molar-refractivity contribution in [2.24, 2.45) is 5.41 Å². The molecule has 0 fully saturated rings. The van der Waals surface area contributed by atoms with Crippen molar-refractivity contribution in [3.8, 4) is 18.2 Å². The molecule has 0 aliphatic rings. The van der Waals surface area contributed by atoms with Crippen LogP contribution in [0.25, 0.3) is 0 Å². The summed E-state index contributed by atoms with van der Waals surface area (Å²) in [5.74, 6) is 0. The van der Waals surface area contributed by atoms with Crippen molar-refractivity contribution in [1.82, 2.24) is 0 Å². The van der Waals surface area contributed by atoms with Crippen molar-refractivity contribution in [3.63, 3.8) is 0 Å². The third kappa shape index (κ3) is 17.2. The van der Waals surface area contributed by atoms with Crippen molar-refractivity contribution in [2.45, 2.75) is 53.6 Å². The van der Waals surface area contributed by atoms with E-state index < -0.39 is 5.41 Å². The summed E-state index contributed by atoms with van der Waals surface area (Å²) < 4.78 is 22.9. The number of ether oxygens (including phenoxy) is 4. The van der Waals surface area contributed by atoms with Gasteiger partial charge in [0.25, 0.3) is 0 Å². The Hall–Kier alpha value is -2.47. The lowest BCUT2D eigenvalue weighted by atomic mass is 9.92. The SMILES string of the molecule is CC.CC.N#CCCOCC(COCCC#N)(COCCC#N)COCc1ccccc1. The van der Waals surface area contributed by atoms with Gasteiger partial charge in [0, 0.05) is 0 Å². The molecule has 0 heterocycles. The van der Waals surface area contributed by atoms with Crippen LogP contribution in [-0.2, 0) is 25.6 Å². The molecule has 0 radical (unpaired) electrons. The highest BCUT2D eigenvalue weighted by molar-refractivity contribution is 5.13. The first-order valence-electron chi connectivity index (χ1n) is 11.2. The smallest absolute Gasteiger partial charge is 0.0717 e. The van der Waals surface area contributed by atoms with Crippen LogP contribution < -0.4 is 0 Å². The summed E-state index contributed by atoms with van der Waals surface area (Å²) in [7, 11) is 0. The average Bonchev–Trinajstić information content (AvgIpc) is 2.85. The first-order chi connectivity index (χ1) is 15.8. The van der Waals surface area contributed by atoms with Crippen molar-refractivity contribution in [2.75, 3.05) is 46.2 Å². The maximum Gasteiger partial charge on any atom is 0.0717 e. The van der Waals surface area contributed by atoms with Crippen LogP contribution in [0.15, 0.2) is 30.3 Å². The maximum atomic E-state index is 8.70. The second-order valence-corrected chi connectivity index (χ2v) is 6.36. The lowest BCUT2D eigenvalue weighted by molar-refractivity contribution is -0.108. The van der Waals surface area contributed by atoms with Gasteiger partial charge in [-0.05, 0) is 5.56 Å². The molecule has 0 aliphatic heterocycles. The van der Waals surface area contributed by atoms with Crippen LogP contribution in [0.5, 0.6) is 0 Å². The second-order valence-electron chi connectivity index (χ2n) is 6.36. The molecule has 1 aromatic rings. The highest BCUT2D eigenvalue weighted by Crippen LogP contribution is 2.22. The summed E-state index contributed by atoms with van der Waals surface area (Å²) >= 11 is 0. The minimum Gasteiger partial charge on any atom is -0.380 e. The lowest BCUT2D eigenvalue weighted by Crippen LogP contribution is -2.42. The zero-order valence-electron chi connectivity index (χ0n) is 20.1. The van der Waals surface area contributed by atoms with Gasteiger partial charge in [-0.15, -0.1) is 0 Å². The monoisotopic (exact) mass is 445 g/mol. The normalized spacial score (nSPS) is 9.78. The van der Waals surface area contributed by atoms with Crippen molar-refractivity contribution < 1.29 is 18.9 Å². The number of rotatable bonds is 16. The van der Waals surface area contributed by atoms with E-state index >= 15 is 0 Å². The molecule has 0 saturated carbocycles. The first-order valence-corrected chi connectivity index (χ1v) is 11.2. The summed E-state index contributed by atoms with van der Waals surface area (Å²) in [6, 6.07) is 16.0. The van der Waals surface area contributed by atoms with E-state index in [0.29, 0.717) is 72.1 Å². The number of nitriles is 3. The molecule has 178 valence electrons. The fourth-order valence-corrected chi connectivity index (χ4v) is 2.43. The number of hydrogen-bond donors (Lipinski definition) is 0. The molecule has 0 aromatic heterocycles. The standard InChI is InChI=1S/C21H27N3O4.2C2H6/c22-9-4-12-25-16-21(17-26-13-5-10-23,18-27-14-6-11-24)19-28-15-20-7-2-1-3-8-20;2*1-2/h1-3,7-8H,4-6,12-19H2;2*1-2H3. The van der Waals surface area contributed by atoms with Gasteiger partial charge in [-0.1, -0.05) is 58.0 Å². The fourth-order valence-electron chi connectivity index (χ4n) is 2.43. The molecule has 0 aliphatic carbocycles. The molecule has 1 rings (SSSR count). The molecule has 0 N–H and O–H groups in total. The van der Waals surface area contributed by atoms with E-state index in [1.165, 1.54) is 0 Å². The molecule has 0 bridgehead atoms. The van der Waals surface area contributed by atoms with E-state index in [0.717, 1.165) is 5.56 Å². The lowest BCUT2D eigenvalue weighted by Gasteiger charge is -2.32. The van der Waals surface area contributed by atoms with Gasteiger partial charge in [-0.25, -0.2) is 0 Å². The summed E-state index contributed by atoms with van der Waals surface area (Å²) in [4.78, 5) is 0. The van der Waals surface area contributed by atoms with Crippen LogP contribution in [0, 0.1) is 39.4 Å². The summed E-state index contributed by atoms with van der Waals surface area (Å²) in [6.45, 7) is 10.6. The first kappa shape index (κ1) is 31.7. The van der Waals surface area contributed by atoms with E-state index in [1.807, 2.05) is 76.2 Å². The van der Waals surface area contributed by atoms with E-state index in [1.54, 1.807) is 0 Å². The van der Waals surface area contributed by atoms with E-state index in [-0.39, 0.29) is 0 Å². The number of benzene rings is 1. The van der Waals surface area contributed by atoms with Gasteiger partial charge in [-0.2, -0.15) is 15.8 Å². The summed E-state index contributed by atoms with van der Waals surface area (Å²) in [6.07, 6.45) is 0.891. The van der Waals surface area contributed by atoms with Gasteiger partial charge >= 0.3 is 0 Å². The minimum absolute atomic E-state index is 0.294. The highest BCUT2D eigenvalue weighted by Gasteiger charge is 2.32. The Morgan fingerprint density at radius 2 is 1.00 bits per heavy atom. The van der Waals surface area contributed by atoms with Gasteiger partial charge in [0.05, 0.1) is 95.7 Å². The van der Waals surface area contributed by atoms with Gasteiger partial charge in [0.15, 0.2) is 0 Å². The number of nitrogens with zero attached hydrogens (tertiary/aromatic N) is 3. The van der Waals surface area contributed by atoms with Crippen LogP contribution >= 0.6 is 0 Å². The van der Waals surface area contributed by atoms with Gasteiger partial charge in [0.1, 0.15) is 0 Å². The molecule has 0 saturated heterocycles. The van der Waals surface area contributed by atoms with E-state index in [2.05, 4.69) is 0 Å². The Bertz CT molecular complexity index is 593. The Kier molecular flexibility index (Phi) is 24.6. The Labute approximate surface area is 194 Å². The fraction of sp³-hybridized carbons (Fsp3) is 0.640. The minimum atomic E-state index is -0.588. The zero-order valence-corrected chi connectivity index (χ0v) is 20.1. The molecule has 7 nitrogen and oxygen atoms in total. The average molecular weight is 446 g/mol. The van der Waals surface area contributed by atoms with Crippen LogP contribution in [0.2, 0.25) is 0 Å². The summed E-state index contributed by atoms with van der Waals surface area (Å²) in [5, 5.41) is 26.1. The van der Waals surface area contributed by atoms with Gasteiger partial charge in [-0.3, -0.25) is 0 Å². The zero-order chi connectivity index (χ0) is 24.3. The Balaban J connectivity index is 0. The predicted molar refractivity (Wildman–Crippen MR) is 124 cm³/mol. The van der Waals surface area contributed by atoms with Crippen molar-refractivity contribution in [3.05, 3.63) is 35.9 Å². The summed E-state index contributed by atoms with van der Waals surface area (Å²) in [5.41, 5.74) is 0.465. The largest absolute Gasteiger partial charge is 0.380 e. The number of hydrogen-bond acceptors (Lipinski definition) is 7. The topological polar surface area (TPSA) is 108 Å². The Morgan fingerprint density at radius 3 is 1.38 bits per heavy atom. The van der Waals surface area contributed by atoms with Crippen LogP contribution in [0.1, 0.15) is 52.5 Å². The Morgan fingerprint density at radius 1 is 0.625 bits per heavy atom. The molecule has 0 amide bonds. The molecule has 1 aromatic carbocycles. The third-order valence-corrected chi connectivity index (χ3v) is 3.82. The third-order valence-electron chi connectivity index (χ3n) is 3.82. The highest BCUT2D eigenvalue weighted by atomic mass is 16.5. The second kappa shape index (κ2) is 24.8. The van der Waals surface area contributed by atoms with Gasteiger partial charge < -0.3 is 18.9 Å². The van der Waals surface area contributed by atoms with E-state index in [9.17, 15) is 0 Å². The molecule has 0 atom stereocenters. The molecule has 32 heavy (non-hydrogen) atoms. The van der Waals surface area contributed by atoms with Crippen LogP contribution in [0.4, 0.5) is 0 Å². The predicted octanol–water partition coefficient (Wildman–Crippen LogP) is 5.03. The van der Waals surface area contributed by atoms with Crippen LogP contribution in [-0.4, -0.2) is 46.2 Å². The van der Waals surface area contributed by atoms with Crippen molar-refractivity contribution in [1.29, 1.82) is 15.8 Å². The van der Waals surface area contributed by atoms with Gasteiger partial charge in [0.2, 0.25) is 0 Å². The molecular formula is C25H39N3O4.